The van der Waals surface area contributed by atoms with Gasteiger partial charge < -0.3 is 4.74 Å². The summed E-state index contributed by atoms with van der Waals surface area (Å²) >= 11 is 3.00. The van der Waals surface area contributed by atoms with Gasteiger partial charge in [-0.3, -0.25) is 4.98 Å². The van der Waals surface area contributed by atoms with Gasteiger partial charge in [0.1, 0.15) is 6.07 Å². The summed E-state index contributed by atoms with van der Waals surface area (Å²) in [5.41, 5.74) is -1.20. The average molecular weight is 305 g/mol. The molecule has 0 unspecified atom stereocenters. The molecule has 7 heteroatoms. The molecule has 1 aromatic rings. The summed E-state index contributed by atoms with van der Waals surface area (Å²) in [7, 11) is 1.06. The number of nitriles is 1. The molecule has 0 saturated heterocycles. The predicted molar refractivity (Wildman–Crippen MR) is 57.9 cm³/mol. The van der Waals surface area contributed by atoms with Gasteiger partial charge in [0.2, 0.25) is 0 Å². The van der Waals surface area contributed by atoms with E-state index in [2.05, 4.69) is 25.7 Å². The Kier molecular flexibility index (Phi) is 4.52. The number of carbonyl (C=O) groups excluding carboxylic acids is 1. The van der Waals surface area contributed by atoms with Gasteiger partial charge in [0.05, 0.1) is 29.5 Å². The van der Waals surface area contributed by atoms with Crippen LogP contribution >= 0.6 is 15.9 Å². The molecule has 4 nitrogen and oxygen atoms in total. The average Bonchev–Trinajstić information content (AvgIpc) is 2.35. The second-order valence-electron chi connectivity index (χ2n) is 2.94. The Morgan fingerprint density at radius 3 is 2.76 bits per heavy atom. The third-order valence-corrected chi connectivity index (χ3v) is 2.58. The van der Waals surface area contributed by atoms with Crippen LogP contribution in [0.3, 0.4) is 0 Å². The monoisotopic (exact) mass is 304 g/mol. The first-order valence-electron chi connectivity index (χ1n) is 4.41. The second-order valence-corrected chi connectivity index (χ2v) is 3.51. The molecule has 0 bridgehead atoms. The lowest BCUT2D eigenvalue weighted by molar-refractivity contribution is 0.0588. The van der Waals surface area contributed by atoms with Crippen molar-refractivity contribution in [1.29, 1.82) is 5.26 Å². The second kappa shape index (κ2) is 5.68. The zero-order chi connectivity index (χ0) is 13.0. The highest BCUT2D eigenvalue weighted by atomic mass is 79.9. The Balaban J connectivity index is 3.59. The summed E-state index contributed by atoms with van der Waals surface area (Å²) in [5, 5.41) is 8.84. The number of pyridine rings is 1. The Hall–Kier alpha value is -1.55. The number of hydrogen-bond acceptors (Lipinski definition) is 4. The molecule has 0 atom stereocenters. The van der Waals surface area contributed by atoms with E-state index in [1.165, 1.54) is 0 Å². The van der Waals surface area contributed by atoms with Crippen molar-refractivity contribution in [3.63, 3.8) is 0 Å². The van der Waals surface area contributed by atoms with Crippen LogP contribution in [0.15, 0.2) is 6.20 Å². The number of esters is 1. The van der Waals surface area contributed by atoms with Crippen LogP contribution in [0.4, 0.5) is 8.78 Å². The lowest BCUT2D eigenvalue weighted by Gasteiger charge is -2.11. The molecule has 1 aromatic heterocycles. The van der Waals surface area contributed by atoms with Crippen molar-refractivity contribution in [1.82, 2.24) is 4.98 Å². The number of alkyl halides is 3. The van der Waals surface area contributed by atoms with Gasteiger partial charge in [0.15, 0.2) is 0 Å². The lowest BCUT2D eigenvalue weighted by Crippen LogP contribution is -2.12. The van der Waals surface area contributed by atoms with Crippen LogP contribution in [0, 0.1) is 11.3 Å². The SMILES string of the molecule is COC(=O)c1c(C#N)cnc(CBr)c1C(F)F. The molecule has 0 aromatic carbocycles. The van der Waals surface area contributed by atoms with E-state index in [1.807, 2.05) is 0 Å². The largest absolute Gasteiger partial charge is 0.465 e. The molecule has 0 amide bonds. The fourth-order valence-electron chi connectivity index (χ4n) is 1.31. The first-order chi connectivity index (χ1) is 8.06. The maximum Gasteiger partial charge on any atom is 0.339 e. The molecule has 0 aliphatic carbocycles. The normalized spacial score (nSPS) is 10.1. The van der Waals surface area contributed by atoms with E-state index in [1.54, 1.807) is 6.07 Å². The lowest BCUT2D eigenvalue weighted by atomic mass is 10.0. The van der Waals surface area contributed by atoms with Crippen molar-refractivity contribution in [2.45, 2.75) is 11.8 Å². The number of aromatic nitrogens is 1. The standard InChI is InChI=1S/C10H7BrF2N2O2/c1-17-10(16)7-5(3-14)4-15-6(2-11)8(7)9(12)13/h4,9H,2H2,1H3. The van der Waals surface area contributed by atoms with E-state index >= 15 is 0 Å². The summed E-state index contributed by atoms with van der Waals surface area (Å²) in [4.78, 5) is 15.1. The van der Waals surface area contributed by atoms with Crippen LogP contribution in [-0.4, -0.2) is 18.1 Å². The molecule has 0 fully saturated rings. The van der Waals surface area contributed by atoms with E-state index in [-0.39, 0.29) is 16.6 Å². The highest BCUT2D eigenvalue weighted by molar-refractivity contribution is 9.08. The molecule has 1 heterocycles. The fraction of sp³-hybridized carbons (Fsp3) is 0.300. The first-order valence-corrected chi connectivity index (χ1v) is 5.53. The van der Waals surface area contributed by atoms with Crippen molar-refractivity contribution >= 4 is 21.9 Å². The van der Waals surface area contributed by atoms with E-state index in [9.17, 15) is 13.6 Å². The minimum absolute atomic E-state index is 0.0133. The highest BCUT2D eigenvalue weighted by Gasteiger charge is 2.26. The summed E-state index contributed by atoms with van der Waals surface area (Å²) in [6.07, 6.45) is -1.83. The summed E-state index contributed by atoms with van der Waals surface area (Å²) < 4.78 is 30.2. The van der Waals surface area contributed by atoms with Gasteiger partial charge in [-0.05, 0) is 0 Å². The van der Waals surface area contributed by atoms with Crippen molar-refractivity contribution < 1.29 is 18.3 Å². The smallest absolute Gasteiger partial charge is 0.339 e. The van der Waals surface area contributed by atoms with Crippen LogP contribution in [0.2, 0.25) is 0 Å². The Morgan fingerprint density at radius 2 is 2.35 bits per heavy atom. The zero-order valence-corrected chi connectivity index (χ0v) is 10.3. The molecule has 17 heavy (non-hydrogen) atoms. The van der Waals surface area contributed by atoms with Gasteiger partial charge in [-0.15, -0.1) is 0 Å². The van der Waals surface area contributed by atoms with Gasteiger partial charge in [-0.2, -0.15) is 5.26 Å². The third-order valence-electron chi connectivity index (χ3n) is 2.05. The number of hydrogen-bond donors (Lipinski definition) is 0. The zero-order valence-electron chi connectivity index (χ0n) is 8.71. The summed E-state index contributed by atoms with van der Waals surface area (Å²) in [6, 6.07) is 1.65. The van der Waals surface area contributed by atoms with Crippen molar-refractivity contribution in [3.8, 4) is 6.07 Å². The van der Waals surface area contributed by atoms with Crippen molar-refractivity contribution in [3.05, 3.63) is 28.6 Å². The number of halogens is 3. The fourth-order valence-corrected chi connectivity index (χ4v) is 1.76. The van der Waals surface area contributed by atoms with Crippen LogP contribution in [-0.2, 0) is 10.1 Å². The number of rotatable bonds is 3. The van der Waals surface area contributed by atoms with Crippen LogP contribution < -0.4 is 0 Å². The molecule has 0 saturated carbocycles. The van der Waals surface area contributed by atoms with Gasteiger partial charge in [0.25, 0.3) is 6.43 Å². The predicted octanol–water partition coefficient (Wildman–Crippen LogP) is 2.57. The molecule has 1 rings (SSSR count). The molecule has 0 aliphatic rings. The van der Waals surface area contributed by atoms with Crippen molar-refractivity contribution in [2.24, 2.45) is 0 Å². The van der Waals surface area contributed by atoms with Crippen LogP contribution in [0.1, 0.15) is 33.6 Å². The quantitative estimate of drug-likeness (QED) is 0.636. The van der Waals surface area contributed by atoms with Crippen LogP contribution in [0.25, 0.3) is 0 Å². The third kappa shape index (κ3) is 2.58. The van der Waals surface area contributed by atoms with E-state index in [0.29, 0.717) is 0 Å². The van der Waals surface area contributed by atoms with E-state index in [4.69, 9.17) is 5.26 Å². The summed E-state index contributed by atoms with van der Waals surface area (Å²) in [5.74, 6) is -0.971. The Morgan fingerprint density at radius 1 is 1.71 bits per heavy atom. The molecule has 0 N–H and O–H groups in total. The van der Waals surface area contributed by atoms with E-state index < -0.39 is 23.5 Å². The molecule has 0 radical (unpaired) electrons. The number of nitrogens with zero attached hydrogens (tertiary/aromatic N) is 2. The number of ether oxygens (including phenoxy) is 1. The van der Waals surface area contributed by atoms with Crippen molar-refractivity contribution in [2.75, 3.05) is 7.11 Å². The van der Waals surface area contributed by atoms with Crippen LogP contribution in [0.5, 0.6) is 0 Å². The molecular weight excluding hydrogens is 298 g/mol. The Bertz CT molecular complexity index is 486. The topological polar surface area (TPSA) is 63.0 Å². The molecular formula is C10H7BrF2N2O2. The van der Waals surface area contributed by atoms with Gasteiger partial charge in [-0.25, -0.2) is 13.6 Å². The maximum absolute atomic E-state index is 12.9. The summed E-state index contributed by atoms with van der Waals surface area (Å²) in [6.45, 7) is 0. The number of carbonyl (C=O) groups is 1. The number of methoxy groups -OCH3 is 1. The highest BCUT2D eigenvalue weighted by Crippen LogP contribution is 2.29. The molecule has 90 valence electrons. The molecule has 0 spiro atoms. The minimum Gasteiger partial charge on any atom is -0.465 e. The first kappa shape index (κ1) is 13.5. The minimum atomic E-state index is -2.91. The maximum atomic E-state index is 12.9. The van der Waals surface area contributed by atoms with Gasteiger partial charge in [-0.1, -0.05) is 15.9 Å². The Labute approximate surface area is 104 Å². The molecule has 0 aliphatic heterocycles. The van der Waals surface area contributed by atoms with Gasteiger partial charge in [0, 0.05) is 11.5 Å². The van der Waals surface area contributed by atoms with Gasteiger partial charge >= 0.3 is 5.97 Å². The van der Waals surface area contributed by atoms with E-state index in [0.717, 1.165) is 13.3 Å².